The molecule has 6 heteroatoms. The quantitative estimate of drug-likeness (QED) is 0.711. The van der Waals surface area contributed by atoms with Crippen LogP contribution in [0.15, 0.2) is 30.3 Å². The number of likely N-dealkylation sites (tertiary alicyclic amines) is 1. The number of hydrogen-bond donors (Lipinski definition) is 2. The molecule has 5 nitrogen and oxygen atoms in total. The molecule has 2 rings (SSSR count). The van der Waals surface area contributed by atoms with E-state index in [2.05, 4.69) is 24.5 Å². The first-order valence-electron chi connectivity index (χ1n) is 9.92. The van der Waals surface area contributed by atoms with E-state index in [-0.39, 0.29) is 30.1 Å². The molecule has 0 aliphatic carbocycles. The zero-order chi connectivity index (χ0) is 18.9. The second-order valence-electron chi connectivity index (χ2n) is 7.28. The van der Waals surface area contributed by atoms with E-state index in [0.717, 1.165) is 45.4 Å². The van der Waals surface area contributed by atoms with Gasteiger partial charge < -0.3 is 15.5 Å². The number of carbonyl (C=O) groups excluding carboxylic acids is 2. The molecule has 2 N–H and O–H groups in total. The topological polar surface area (TPSA) is 61.4 Å². The van der Waals surface area contributed by atoms with Crippen LogP contribution >= 0.6 is 12.4 Å². The average Bonchev–Trinajstić information content (AvgIpc) is 2.70. The fraction of sp³-hybridized carbons (Fsp3) is 0.619. The molecule has 0 radical (unpaired) electrons. The molecule has 1 aliphatic heterocycles. The molecular formula is C21H34ClN3O2. The highest BCUT2D eigenvalue weighted by Gasteiger charge is 2.32. The van der Waals surface area contributed by atoms with Crippen molar-refractivity contribution in [1.82, 2.24) is 15.5 Å². The molecule has 1 heterocycles. The number of amides is 2. The van der Waals surface area contributed by atoms with Crippen LogP contribution in [0.3, 0.4) is 0 Å². The van der Waals surface area contributed by atoms with Gasteiger partial charge in [0.2, 0.25) is 5.91 Å². The molecule has 1 aromatic carbocycles. The fourth-order valence-corrected chi connectivity index (χ4v) is 3.40. The molecule has 1 aliphatic rings. The molecule has 0 aromatic heterocycles. The maximum atomic E-state index is 13.1. The monoisotopic (exact) mass is 395 g/mol. The second-order valence-corrected chi connectivity index (χ2v) is 7.28. The van der Waals surface area contributed by atoms with Crippen molar-refractivity contribution in [2.45, 2.75) is 46.1 Å². The number of piperidine rings is 1. The number of rotatable bonds is 8. The van der Waals surface area contributed by atoms with Gasteiger partial charge in [-0.15, -0.1) is 12.4 Å². The molecule has 0 saturated carbocycles. The van der Waals surface area contributed by atoms with Gasteiger partial charge in [-0.3, -0.25) is 9.59 Å². The lowest BCUT2D eigenvalue weighted by molar-refractivity contribution is -0.135. The SMILES string of the molecule is CCNCC1CCN(C(=O)C(NC(=O)c2ccccc2)C(C)CC)CC1.Cl. The Bertz CT molecular complexity index is 574. The van der Waals surface area contributed by atoms with E-state index < -0.39 is 6.04 Å². The number of nitrogens with zero attached hydrogens (tertiary/aromatic N) is 1. The van der Waals surface area contributed by atoms with Crippen LogP contribution in [0.25, 0.3) is 0 Å². The number of carbonyl (C=O) groups is 2. The summed E-state index contributed by atoms with van der Waals surface area (Å²) in [7, 11) is 0. The van der Waals surface area contributed by atoms with Gasteiger partial charge in [-0.25, -0.2) is 0 Å². The first kappa shape index (κ1) is 23.4. The number of nitrogens with one attached hydrogen (secondary N) is 2. The Labute approximate surface area is 169 Å². The first-order chi connectivity index (χ1) is 12.6. The largest absolute Gasteiger partial charge is 0.341 e. The standard InChI is InChI=1S/C21H33N3O2.ClH/c1-4-16(3)19(23-20(25)18-9-7-6-8-10-18)21(26)24-13-11-17(12-14-24)15-22-5-2;/h6-10,16-17,19,22H,4-5,11-15H2,1-3H3,(H,23,25);1H. The van der Waals surface area contributed by atoms with Crippen molar-refractivity contribution in [2.75, 3.05) is 26.2 Å². The summed E-state index contributed by atoms with van der Waals surface area (Å²) in [5.74, 6) is 0.631. The van der Waals surface area contributed by atoms with Gasteiger partial charge in [0.25, 0.3) is 5.91 Å². The van der Waals surface area contributed by atoms with Crippen LogP contribution < -0.4 is 10.6 Å². The highest BCUT2D eigenvalue weighted by molar-refractivity contribution is 5.97. The fourth-order valence-electron chi connectivity index (χ4n) is 3.40. The molecule has 1 fully saturated rings. The summed E-state index contributed by atoms with van der Waals surface area (Å²) in [5, 5.41) is 6.38. The van der Waals surface area contributed by atoms with Crippen molar-refractivity contribution in [1.29, 1.82) is 0 Å². The van der Waals surface area contributed by atoms with Gasteiger partial charge in [0.1, 0.15) is 6.04 Å². The van der Waals surface area contributed by atoms with Crippen LogP contribution in [-0.2, 0) is 4.79 Å². The summed E-state index contributed by atoms with van der Waals surface area (Å²) in [6.07, 6.45) is 2.90. The Morgan fingerprint density at radius 2 is 1.78 bits per heavy atom. The van der Waals surface area contributed by atoms with Gasteiger partial charge in [0, 0.05) is 18.7 Å². The van der Waals surface area contributed by atoms with E-state index in [1.165, 1.54) is 0 Å². The predicted molar refractivity (Wildman–Crippen MR) is 112 cm³/mol. The first-order valence-corrected chi connectivity index (χ1v) is 9.92. The molecular weight excluding hydrogens is 362 g/mol. The van der Waals surface area contributed by atoms with Gasteiger partial charge >= 0.3 is 0 Å². The van der Waals surface area contributed by atoms with E-state index in [1.54, 1.807) is 12.1 Å². The minimum Gasteiger partial charge on any atom is -0.341 e. The third-order valence-electron chi connectivity index (χ3n) is 5.41. The number of halogens is 1. The lowest BCUT2D eigenvalue weighted by Gasteiger charge is -2.36. The van der Waals surface area contributed by atoms with Crippen LogP contribution in [0, 0.1) is 11.8 Å². The third-order valence-corrected chi connectivity index (χ3v) is 5.41. The summed E-state index contributed by atoms with van der Waals surface area (Å²) < 4.78 is 0. The maximum absolute atomic E-state index is 13.1. The number of hydrogen-bond acceptors (Lipinski definition) is 3. The van der Waals surface area contributed by atoms with E-state index in [1.807, 2.05) is 30.0 Å². The van der Waals surface area contributed by atoms with Crippen molar-refractivity contribution in [3.63, 3.8) is 0 Å². The van der Waals surface area contributed by atoms with Crippen molar-refractivity contribution < 1.29 is 9.59 Å². The highest BCUT2D eigenvalue weighted by atomic mass is 35.5. The van der Waals surface area contributed by atoms with E-state index in [0.29, 0.717) is 11.5 Å². The Hall–Kier alpha value is -1.59. The molecule has 1 aromatic rings. The van der Waals surface area contributed by atoms with E-state index >= 15 is 0 Å². The van der Waals surface area contributed by atoms with Gasteiger partial charge in [0.15, 0.2) is 0 Å². The summed E-state index contributed by atoms with van der Waals surface area (Å²) in [4.78, 5) is 27.6. The van der Waals surface area contributed by atoms with Crippen molar-refractivity contribution in [2.24, 2.45) is 11.8 Å². The Morgan fingerprint density at radius 3 is 2.33 bits per heavy atom. The van der Waals surface area contributed by atoms with Crippen LogP contribution in [0.4, 0.5) is 0 Å². The molecule has 2 amide bonds. The molecule has 0 bridgehead atoms. The zero-order valence-electron chi connectivity index (χ0n) is 16.7. The normalized spacial score (nSPS) is 16.9. The van der Waals surface area contributed by atoms with Crippen LogP contribution in [-0.4, -0.2) is 48.9 Å². The molecule has 0 spiro atoms. The van der Waals surface area contributed by atoms with Crippen molar-refractivity contribution in [3.05, 3.63) is 35.9 Å². The second kappa shape index (κ2) is 12.0. The van der Waals surface area contributed by atoms with Gasteiger partial charge in [0.05, 0.1) is 0 Å². The minimum absolute atomic E-state index is 0. The Kier molecular flexibility index (Phi) is 10.4. The molecule has 152 valence electrons. The Balaban J connectivity index is 0.00000364. The third kappa shape index (κ3) is 6.82. The lowest BCUT2D eigenvalue weighted by Crippen LogP contribution is -2.53. The summed E-state index contributed by atoms with van der Waals surface area (Å²) in [5.41, 5.74) is 0.595. The predicted octanol–water partition coefficient (Wildman–Crippen LogP) is 3.10. The smallest absolute Gasteiger partial charge is 0.251 e. The van der Waals surface area contributed by atoms with Gasteiger partial charge in [-0.05, 0) is 49.9 Å². The van der Waals surface area contributed by atoms with Crippen LogP contribution in [0.2, 0.25) is 0 Å². The Morgan fingerprint density at radius 1 is 1.15 bits per heavy atom. The van der Waals surface area contributed by atoms with Crippen molar-refractivity contribution >= 4 is 24.2 Å². The van der Waals surface area contributed by atoms with Gasteiger partial charge in [-0.1, -0.05) is 45.4 Å². The van der Waals surface area contributed by atoms with Crippen molar-refractivity contribution in [3.8, 4) is 0 Å². The van der Waals surface area contributed by atoms with Gasteiger partial charge in [-0.2, -0.15) is 0 Å². The summed E-state index contributed by atoms with van der Waals surface area (Å²) in [6, 6.07) is 8.65. The van der Waals surface area contributed by atoms with E-state index in [4.69, 9.17) is 0 Å². The zero-order valence-corrected chi connectivity index (χ0v) is 17.6. The van der Waals surface area contributed by atoms with E-state index in [9.17, 15) is 9.59 Å². The summed E-state index contributed by atoms with van der Waals surface area (Å²) in [6.45, 7) is 9.78. The molecule has 27 heavy (non-hydrogen) atoms. The van der Waals surface area contributed by atoms with Crippen LogP contribution in [0.1, 0.15) is 50.4 Å². The molecule has 2 atom stereocenters. The maximum Gasteiger partial charge on any atom is 0.251 e. The highest BCUT2D eigenvalue weighted by Crippen LogP contribution is 2.20. The summed E-state index contributed by atoms with van der Waals surface area (Å²) >= 11 is 0. The lowest BCUT2D eigenvalue weighted by atomic mass is 9.93. The average molecular weight is 396 g/mol. The number of benzene rings is 1. The van der Waals surface area contributed by atoms with Crippen LogP contribution in [0.5, 0.6) is 0 Å². The minimum atomic E-state index is -0.460. The molecule has 1 saturated heterocycles. The molecule has 2 unspecified atom stereocenters.